The lowest BCUT2D eigenvalue weighted by atomic mass is 9.95. The van der Waals surface area contributed by atoms with Crippen LogP contribution in [0.1, 0.15) is 84.5 Å². The van der Waals surface area contributed by atoms with Crippen LogP contribution < -0.4 is 0 Å². The predicted octanol–water partition coefficient (Wildman–Crippen LogP) is 4.13. The predicted molar refractivity (Wildman–Crippen MR) is 74.7 cm³/mol. The van der Waals surface area contributed by atoms with E-state index in [1.54, 1.807) is 0 Å². The second-order valence-electron chi connectivity index (χ2n) is 5.57. The van der Waals surface area contributed by atoms with E-state index < -0.39 is 11.6 Å². The summed E-state index contributed by atoms with van der Waals surface area (Å²) >= 11 is 0. The van der Waals surface area contributed by atoms with Crippen LogP contribution in [0.15, 0.2) is 0 Å². The Labute approximate surface area is 112 Å². The lowest BCUT2D eigenvalue weighted by Gasteiger charge is -2.20. The smallest absolute Gasteiger partial charge is 0.303 e. The van der Waals surface area contributed by atoms with Gasteiger partial charge in [0.2, 0.25) is 0 Å². The molecule has 0 rings (SSSR count). The van der Waals surface area contributed by atoms with Crippen molar-refractivity contribution in [2.45, 2.75) is 90.1 Å². The van der Waals surface area contributed by atoms with Crippen molar-refractivity contribution < 1.29 is 15.0 Å². The van der Waals surface area contributed by atoms with E-state index in [-0.39, 0.29) is 0 Å². The van der Waals surface area contributed by atoms with Gasteiger partial charge >= 0.3 is 5.97 Å². The molecule has 0 saturated heterocycles. The first-order valence-electron chi connectivity index (χ1n) is 7.42. The molecule has 0 amide bonds. The Balaban J connectivity index is 3.15. The van der Waals surface area contributed by atoms with Crippen molar-refractivity contribution in [3.8, 4) is 0 Å². The summed E-state index contributed by atoms with van der Waals surface area (Å²) in [5.41, 5.74) is -0.475. The van der Waals surface area contributed by atoms with Crippen LogP contribution in [0.4, 0.5) is 0 Å². The maximum atomic E-state index is 10.3. The van der Waals surface area contributed by atoms with Gasteiger partial charge in [-0.15, -0.1) is 0 Å². The van der Waals surface area contributed by atoms with Gasteiger partial charge in [-0.2, -0.15) is 0 Å². The van der Waals surface area contributed by atoms with Crippen molar-refractivity contribution >= 4 is 5.97 Å². The number of rotatable bonds is 12. The molecule has 0 aliphatic heterocycles. The van der Waals surface area contributed by atoms with Crippen molar-refractivity contribution in [1.29, 1.82) is 0 Å². The molecule has 2 N–H and O–H groups in total. The maximum absolute atomic E-state index is 10.3. The molecular weight excluding hydrogens is 228 g/mol. The number of carbonyl (C=O) groups is 1. The highest BCUT2D eigenvalue weighted by Gasteiger charge is 2.15. The molecule has 1 unspecified atom stereocenters. The molecule has 0 radical (unpaired) electrons. The quantitative estimate of drug-likeness (QED) is 0.517. The van der Waals surface area contributed by atoms with Crippen LogP contribution in [-0.4, -0.2) is 21.8 Å². The molecule has 1 atom stereocenters. The van der Waals surface area contributed by atoms with Gasteiger partial charge in [-0.1, -0.05) is 51.9 Å². The minimum absolute atomic E-state index is 0.312. The van der Waals surface area contributed by atoms with E-state index in [4.69, 9.17) is 5.11 Å². The molecule has 3 nitrogen and oxygen atoms in total. The van der Waals surface area contributed by atoms with Gasteiger partial charge < -0.3 is 10.2 Å². The molecule has 0 aromatic rings. The third-order valence-electron chi connectivity index (χ3n) is 3.62. The highest BCUT2D eigenvalue weighted by atomic mass is 16.4. The summed E-state index contributed by atoms with van der Waals surface area (Å²) < 4.78 is 0. The number of aliphatic carboxylic acids is 1. The first-order chi connectivity index (χ1) is 8.48. The van der Waals surface area contributed by atoms with Gasteiger partial charge in [-0.05, 0) is 26.2 Å². The van der Waals surface area contributed by atoms with Gasteiger partial charge in [0.05, 0.1) is 5.60 Å². The van der Waals surface area contributed by atoms with Gasteiger partial charge in [-0.25, -0.2) is 0 Å². The second kappa shape index (κ2) is 10.4. The molecule has 3 heteroatoms. The molecule has 0 fully saturated rings. The van der Waals surface area contributed by atoms with Crippen molar-refractivity contribution in [2.75, 3.05) is 0 Å². The van der Waals surface area contributed by atoms with E-state index in [1.807, 2.05) is 13.8 Å². The van der Waals surface area contributed by atoms with Gasteiger partial charge in [0.15, 0.2) is 0 Å². The Morgan fingerprint density at radius 2 is 1.39 bits per heavy atom. The fourth-order valence-electron chi connectivity index (χ4n) is 2.02. The third-order valence-corrected chi connectivity index (χ3v) is 3.62. The minimum atomic E-state index is -0.682. The van der Waals surface area contributed by atoms with Gasteiger partial charge in [0.25, 0.3) is 0 Å². The topological polar surface area (TPSA) is 57.5 Å². The minimum Gasteiger partial charge on any atom is -0.481 e. The first-order valence-corrected chi connectivity index (χ1v) is 7.42. The maximum Gasteiger partial charge on any atom is 0.303 e. The average Bonchev–Trinajstić information content (AvgIpc) is 2.31. The fourth-order valence-corrected chi connectivity index (χ4v) is 2.02. The number of unbranched alkanes of at least 4 members (excludes halogenated alkanes) is 7. The van der Waals surface area contributed by atoms with Crippen LogP contribution in [0, 0.1) is 0 Å². The monoisotopic (exact) mass is 258 g/mol. The van der Waals surface area contributed by atoms with Crippen molar-refractivity contribution in [3.63, 3.8) is 0 Å². The van der Waals surface area contributed by atoms with Gasteiger partial charge in [0.1, 0.15) is 0 Å². The highest BCUT2D eigenvalue weighted by Crippen LogP contribution is 2.18. The van der Waals surface area contributed by atoms with E-state index in [0.29, 0.717) is 6.42 Å². The lowest BCUT2D eigenvalue weighted by molar-refractivity contribution is -0.137. The first kappa shape index (κ1) is 17.4. The molecule has 0 heterocycles. The van der Waals surface area contributed by atoms with Crippen LogP contribution in [0.5, 0.6) is 0 Å². The zero-order valence-electron chi connectivity index (χ0n) is 12.1. The van der Waals surface area contributed by atoms with Gasteiger partial charge in [0, 0.05) is 6.42 Å². The normalized spacial score (nSPS) is 14.4. The Bertz CT molecular complexity index is 212. The molecule has 18 heavy (non-hydrogen) atoms. The third kappa shape index (κ3) is 11.9. The summed E-state index contributed by atoms with van der Waals surface area (Å²) in [5, 5.41) is 18.3. The van der Waals surface area contributed by atoms with E-state index in [1.165, 1.54) is 25.7 Å². The summed E-state index contributed by atoms with van der Waals surface area (Å²) in [7, 11) is 0. The SMILES string of the molecule is CCC(C)(O)CCCCCCCCCCC(=O)O. The number of carboxylic acids is 1. The molecule has 0 aromatic carbocycles. The van der Waals surface area contributed by atoms with E-state index in [0.717, 1.165) is 38.5 Å². The van der Waals surface area contributed by atoms with E-state index in [2.05, 4.69) is 0 Å². The van der Waals surface area contributed by atoms with E-state index in [9.17, 15) is 9.90 Å². The summed E-state index contributed by atoms with van der Waals surface area (Å²) in [5.74, 6) is -0.682. The Morgan fingerprint density at radius 3 is 1.83 bits per heavy atom. The van der Waals surface area contributed by atoms with Crippen molar-refractivity contribution in [1.82, 2.24) is 0 Å². The summed E-state index contributed by atoms with van der Waals surface area (Å²) in [6.07, 6.45) is 11.0. The van der Waals surface area contributed by atoms with Crippen LogP contribution in [-0.2, 0) is 4.79 Å². The van der Waals surface area contributed by atoms with Crippen molar-refractivity contribution in [2.24, 2.45) is 0 Å². The molecule has 0 spiro atoms. The number of hydrogen-bond donors (Lipinski definition) is 2. The molecule has 0 aliphatic rings. The molecule has 0 aromatic heterocycles. The zero-order valence-corrected chi connectivity index (χ0v) is 12.1. The summed E-state index contributed by atoms with van der Waals surface area (Å²) in [4.78, 5) is 10.3. The lowest BCUT2D eigenvalue weighted by Crippen LogP contribution is -2.22. The summed E-state index contributed by atoms with van der Waals surface area (Å²) in [6.45, 7) is 3.94. The second-order valence-corrected chi connectivity index (χ2v) is 5.57. The van der Waals surface area contributed by atoms with Crippen LogP contribution in [0.2, 0.25) is 0 Å². The average molecular weight is 258 g/mol. The van der Waals surface area contributed by atoms with Crippen molar-refractivity contribution in [3.05, 3.63) is 0 Å². The summed E-state index contributed by atoms with van der Waals surface area (Å²) in [6, 6.07) is 0. The molecule has 0 aliphatic carbocycles. The highest BCUT2D eigenvalue weighted by molar-refractivity contribution is 5.66. The molecular formula is C15H30O3. The molecule has 0 saturated carbocycles. The zero-order chi connectivity index (χ0) is 13.9. The standard InChI is InChI=1S/C15H30O3/c1-3-15(2,18)13-11-9-7-5-4-6-8-10-12-14(16)17/h18H,3-13H2,1-2H3,(H,16,17). The number of carboxylic acid groups (broad SMARTS) is 1. The Morgan fingerprint density at radius 1 is 0.944 bits per heavy atom. The fraction of sp³-hybridized carbons (Fsp3) is 0.933. The van der Waals surface area contributed by atoms with Gasteiger partial charge in [-0.3, -0.25) is 4.79 Å². The van der Waals surface area contributed by atoms with Crippen LogP contribution in [0.25, 0.3) is 0 Å². The van der Waals surface area contributed by atoms with E-state index >= 15 is 0 Å². The Hall–Kier alpha value is -0.570. The van der Waals surface area contributed by atoms with Crippen LogP contribution >= 0.6 is 0 Å². The van der Waals surface area contributed by atoms with Crippen LogP contribution in [0.3, 0.4) is 0 Å². The molecule has 108 valence electrons. The number of aliphatic hydroxyl groups is 1. The Kier molecular flexibility index (Phi) is 10.0. The largest absolute Gasteiger partial charge is 0.481 e. The number of hydrogen-bond acceptors (Lipinski definition) is 2. The molecule has 0 bridgehead atoms.